The summed E-state index contributed by atoms with van der Waals surface area (Å²) in [6, 6.07) is 5.03. The predicted octanol–water partition coefficient (Wildman–Crippen LogP) is 2.57. The molecule has 0 radical (unpaired) electrons. The largest absolute Gasteiger partial charge is 0.466 e. The first kappa shape index (κ1) is 14.7. The summed E-state index contributed by atoms with van der Waals surface area (Å²) in [5.41, 5.74) is 0.761. The average molecular weight is 286 g/mol. The SMILES string of the molecule is CCOC(=O)CC=Cc1ccc2occ(C=O)c(=O)c2c1. The molecule has 0 aliphatic rings. The summed E-state index contributed by atoms with van der Waals surface area (Å²) in [6.45, 7) is 2.09. The van der Waals surface area contributed by atoms with Crippen LogP contribution in [0.25, 0.3) is 17.0 Å². The number of ether oxygens (including phenoxy) is 1. The van der Waals surface area contributed by atoms with Crippen molar-refractivity contribution in [3.8, 4) is 0 Å². The van der Waals surface area contributed by atoms with Crippen LogP contribution in [0.4, 0.5) is 0 Å². The number of carbonyl (C=O) groups excluding carboxylic acids is 2. The quantitative estimate of drug-likeness (QED) is 0.624. The Hall–Kier alpha value is -2.69. The Labute approximate surface area is 120 Å². The highest BCUT2D eigenvalue weighted by atomic mass is 16.5. The molecule has 0 spiro atoms. The molecule has 0 unspecified atom stereocenters. The van der Waals surface area contributed by atoms with Gasteiger partial charge in [0.15, 0.2) is 6.29 Å². The van der Waals surface area contributed by atoms with Gasteiger partial charge in [0.2, 0.25) is 5.43 Å². The lowest BCUT2D eigenvalue weighted by atomic mass is 10.1. The molecule has 21 heavy (non-hydrogen) atoms. The van der Waals surface area contributed by atoms with Crippen LogP contribution in [-0.4, -0.2) is 18.9 Å². The standard InChI is InChI=1S/C16H14O5/c1-2-20-15(18)5-3-4-11-6-7-14-13(8-11)16(19)12(9-17)10-21-14/h3-4,6-10H,2,5H2,1H3. The second-order valence-corrected chi connectivity index (χ2v) is 4.31. The van der Waals surface area contributed by atoms with E-state index in [-0.39, 0.29) is 23.4 Å². The Balaban J connectivity index is 2.28. The number of hydrogen-bond acceptors (Lipinski definition) is 5. The fourth-order valence-corrected chi connectivity index (χ4v) is 1.86. The van der Waals surface area contributed by atoms with Crippen molar-refractivity contribution in [2.24, 2.45) is 0 Å². The van der Waals surface area contributed by atoms with Crippen molar-refractivity contribution >= 4 is 29.3 Å². The average Bonchev–Trinajstić information content (AvgIpc) is 2.48. The minimum absolute atomic E-state index is 0.0184. The van der Waals surface area contributed by atoms with Gasteiger partial charge in [-0.25, -0.2) is 0 Å². The Morgan fingerprint density at radius 2 is 2.19 bits per heavy atom. The van der Waals surface area contributed by atoms with Gasteiger partial charge in [-0.1, -0.05) is 18.2 Å². The van der Waals surface area contributed by atoms with Gasteiger partial charge in [-0.15, -0.1) is 0 Å². The zero-order chi connectivity index (χ0) is 15.2. The number of aldehydes is 1. The van der Waals surface area contributed by atoms with Crippen LogP contribution < -0.4 is 5.43 Å². The van der Waals surface area contributed by atoms with Crippen LogP contribution in [0, 0.1) is 0 Å². The van der Waals surface area contributed by atoms with Gasteiger partial charge in [0.1, 0.15) is 11.8 Å². The van der Waals surface area contributed by atoms with E-state index in [9.17, 15) is 14.4 Å². The summed E-state index contributed by atoms with van der Waals surface area (Å²) in [6.07, 6.45) is 5.14. The predicted molar refractivity (Wildman–Crippen MR) is 78.2 cm³/mol. The maximum atomic E-state index is 12.0. The highest BCUT2D eigenvalue weighted by Crippen LogP contribution is 2.14. The molecule has 1 heterocycles. The monoisotopic (exact) mass is 286 g/mol. The number of fused-ring (bicyclic) bond motifs is 1. The molecular formula is C16H14O5. The number of carbonyl (C=O) groups is 2. The third kappa shape index (κ3) is 3.45. The number of esters is 1. The van der Waals surface area contributed by atoms with Crippen molar-refractivity contribution in [3.05, 3.63) is 51.9 Å². The third-order valence-corrected chi connectivity index (χ3v) is 2.85. The van der Waals surface area contributed by atoms with Crippen molar-refractivity contribution in [1.82, 2.24) is 0 Å². The first-order valence-electron chi connectivity index (χ1n) is 6.48. The van der Waals surface area contributed by atoms with Crippen molar-refractivity contribution in [2.75, 3.05) is 6.61 Å². The normalized spacial score (nSPS) is 10.9. The first-order chi connectivity index (χ1) is 10.2. The van der Waals surface area contributed by atoms with E-state index in [0.717, 1.165) is 11.8 Å². The minimum Gasteiger partial charge on any atom is -0.466 e. The topological polar surface area (TPSA) is 73.6 Å². The van der Waals surface area contributed by atoms with Gasteiger partial charge in [-0.05, 0) is 24.6 Å². The lowest BCUT2D eigenvalue weighted by molar-refractivity contribution is -0.142. The van der Waals surface area contributed by atoms with Gasteiger partial charge in [0.25, 0.3) is 0 Å². The molecule has 0 N–H and O–H groups in total. The van der Waals surface area contributed by atoms with Crippen LogP contribution in [0.1, 0.15) is 29.3 Å². The van der Waals surface area contributed by atoms with Crippen LogP contribution in [0.15, 0.2) is 39.7 Å². The van der Waals surface area contributed by atoms with Gasteiger partial charge in [0.05, 0.1) is 24.0 Å². The highest BCUT2D eigenvalue weighted by molar-refractivity contribution is 5.85. The molecule has 0 fully saturated rings. The van der Waals surface area contributed by atoms with Crippen LogP contribution in [-0.2, 0) is 9.53 Å². The summed E-state index contributed by atoms with van der Waals surface area (Å²) in [4.78, 5) is 33.9. The smallest absolute Gasteiger partial charge is 0.309 e. The van der Waals surface area contributed by atoms with Crippen LogP contribution in [0.2, 0.25) is 0 Å². The van der Waals surface area contributed by atoms with Gasteiger partial charge < -0.3 is 9.15 Å². The van der Waals surface area contributed by atoms with E-state index < -0.39 is 0 Å². The summed E-state index contributed by atoms with van der Waals surface area (Å²) < 4.78 is 10.0. The second-order valence-electron chi connectivity index (χ2n) is 4.31. The van der Waals surface area contributed by atoms with Crippen molar-refractivity contribution < 1.29 is 18.7 Å². The van der Waals surface area contributed by atoms with E-state index in [2.05, 4.69) is 0 Å². The van der Waals surface area contributed by atoms with Gasteiger partial charge in [-0.2, -0.15) is 0 Å². The van der Waals surface area contributed by atoms with E-state index in [1.54, 1.807) is 37.3 Å². The molecule has 0 saturated carbocycles. The molecule has 5 heteroatoms. The lowest BCUT2D eigenvalue weighted by Gasteiger charge is -2.00. The fraction of sp³-hybridized carbons (Fsp3) is 0.188. The summed E-state index contributed by atoms with van der Waals surface area (Å²) in [5.74, 6) is -0.308. The van der Waals surface area contributed by atoms with Crippen molar-refractivity contribution in [1.29, 1.82) is 0 Å². The third-order valence-electron chi connectivity index (χ3n) is 2.85. The Morgan fingerprint density at radius 3 is 2.90 bits per heavy atom. The summed E-state index contributed by atoms with van der Waals surface area (Å²) in [5, 5.41) is 0.331. The molecule has 0 atom stereocenters. The van der Waals surface area contributed by atoms with Crippen LogP contribution in [0.3, 0.4) is 0 Å². The maximum Gasteiger partial charge on any atom is 0.309 e. The first-order valence-corrected chi connectivity index (χ1v) is 6.48. The molecule has 1 aromatic carbocycles. The van der Waals surface area contributed by atoms with Crippen molar-refractivity contribution in [3.63, 3.8) is 0 Å². The minimum atomic E-state index is -0.369. The highest BCUT2D eigenvalue weighted by Gasteiger charge is 2.06. The Morgan fingerprint density at radius 1 is 1.38 bits per heavy atom. The van der Waals surface area contributed by atoms with E-state index in [1.807, 2.05) is 0 Å². The Kier molecular flexibility index (Phi) is 4.66. The molecule has 5 nitrogen and oxygen atoms in total. The summed E-state index contributed by atoms with van der Waals surface area (Å²) >= 11 is 0. The van der Waals surface area contributed by atoms with Gasteiger partial charge in [-0.3, -0.25) is 14.4 Å². The number of benzene rings is 1. The summed E-state index contributed by atoms with van der Waals surface area (Å²) in [7, 11) is 0. The molecule has 0 aliphatic heterocycles. The van der Waals surface area contributed by atoms with E-state index in [1.165, 1.54) is 0 Å². The number of rotatable bonds is 5. The van der Waals surface area contributed by atoms with Gasteiger partial charge >= 0.3 is 5.97 Å². The van der Waals surface area contributed by atoms with Gasteiger partial charge in [0, 0.05) is 0 Å². The molecule has 1 aromatic heterocycles. The lowest BCUT2D eigenvalue weighted by Crippen LogP contribution is -2.07. The Bertz CT molecular complexity index is 755. The van der Waals surface area contributed by atoms with E-state index in [4.69, 9.17) is 9.15 Å². The number of hydrogen-bond donors (Lipinski definition) is 0. The molecule has 108 valence electrons. The van der Waals surface area contributed by atoms with Crippen LogP contribution >= 0.6 is 0 Å². The molecule has 2 aromatic rings. The second kappa shape index (κ2) is 6.65. The molecule has 0 bridgehead atoms. The zero-order valence-corrected chi connectivity index (χ0v) is 11.5. The molecular weight excluding hydrogens is 272 g/mol. The molecule has 0 amide bonds. The fourth-order valence-electron chi connectivity index (χ4n) is 1.86. The maximum absolute atomic E-state index is 12.0. The van der Waals surface area contributed by atoms with E-state index in [0.29, 0.717) is 23.9 Å². The van der Waals surface area contributed by atoms with E-state index >= 15 is 0 Å². The molecule has 0 aliphatic carbocycles. The van der Waals surface area contributed by atoms with Crippen molar-refractivity contribution in [2.45, 2.75) is 13.3 Å². The molecule has 2 rings (SSSR count). The molecule has 0 saturated heterocycles. The zero-order valence-electron chi connectivity index (χ0n) is 11.5. The van der Waals surface area contributed by atoms with Crippen LogP contribution in [0.5, 0.6) is 0 Å².